The number of aryl methyl sites for hydroxylation is 1. The monoisotopic (exact) mass is 409 g/mol. The lowest BCUT2D eigenvalue weighted by Crippen LogP contribution is -2.13. The summed E-state index contributed by atoms with van der Waals surface area (Å²) in [7, 11) is -4.01. The number of rotatable bonds is 5. The molecule has 0 spiro atoms. The van der Waals surface area contributed by atoms with Gasteiger partial charge in [-0.1, -0.05) is 23.7 Å². The molecule has 0 fully saturated rings. The molecule has 7 nitrogen and oxygen atoms in total. The number of anilines is 1. The number of nitrogens with zero attached hydrogens (tertiary/aromatic N) is 2. The molecule has 1 N–H and O–H groups in total. The lowest BCUT2D eigenvalue weighted by atomic mass is 10.1. The summed E-state index contributed by atoms with van der Waals surface area (Å²) in [6, 6.07) is 10.1. The number of thiazole rings is 1. The van der Waals surface area contributed by atoms with E-state index in [0.717, 1.165) is 22.3 Å². The molecule has 26 heavy (non-hydrogen) atoms. The predicted molar refractivity (Wildman–Crippen MR) is 101 cm³/mol. The number of aromatic nitrogens is 1. The number of nitro benzene ring substituents is 1. The molecule has 1 aromatic heterocycles. The van der Waals surface area contributed by atoms with Gasteiger partial charge < -0.3 is 0 Å². The minimum Gasteiger partial charge on any atom is -0.280 e. The van der Waals surface area contributed by atoms with E-state index >= 15 is 0 Å². The number of sulfonamides is 1. The Morgan fingerprint density at radius 1 is 1.23 bits per heavy atom. The molecule has 0 aliphatic heterocycles. The third-order valence-electron chi connectivity index (χ3n) is 3.45. The molecule has 0 unspecified atom stereocenters. The fourth-order valence-corrected chi connectivity index (χ4v) is 4.13. The van der Waals surface area contributed by atoms with E-state index in [1.165, 1.54) is 23.5 Å². The fourth-order valence-electron chi connectivity index (χ4n) is 2.25. The van der Waals surface area contributed by atoms with Gasteiger partial charge in [0.1, 0.15) is 5.02 Å². The summed E-state index contributed by atoms with van der Waals surface area (Å²) in [5.41, 5.74) is 1.36. The van der Waals surface area contributed by atoms with Gasteiger partial charge >= 0.3 is 0 Å². The Kier molecular flexibility index (Phi) is 4.94. The highest BCUT2D eigenvalue weighted by Gasteiger charge is 2.21. The zero-order valence-electron chi connectivity index (χ0n) is 13.3. The van der Waals surface area contributed by atoms with E-state index < -0.39 is 20.6 Å². The van der Waals surface area contributed by atoms with Crippen LogP contribution in [0.25, 0.3) is 11.3 Å². The van der Waals surface area contributed by atoms with Crippen molar-refractivity contribution in [1.29, 1.82) is 0 Å². The van der Waals surface area contributed by atoms with E-state index in [4.69, 9.17) is 11.6 Å². The Morgan fingerprint density at radius 3 is 2.65 bits per heavy atom. The van der Waals surface area contributed by atoms with Crippen LogP contribution in [-0.4, -0.2) is 18.3 Å². The highest BCUT2D eigenvalue weighted by molar-refractivity contribution is 7.92. The van der Waals surface area contributed by atoms with Crippen LogP contribution >= 0.6 is 22.9 Å². The number of nitro groups is 1. The first kappa shape index (κ1) is 18.3. The average molecular weight is 410 g/mol. The molecule has 0 saturated carbocycles. The number of hydrogen-bond acceptors (Lipinski definition) is 6. The standard InChI is InChI=1S/C16H12ClN3O4S2/c1-10-18-15(9-25-10)11-3-2-4-12(7-11)19-26(23,24)13-5-6-14(17)16(8-13)20(21)22/h2-9,19H,1H3. The van der Waals surface area contributed by atoms with E-state index in [-0.39, 0.29) is 9.92 Å². The van der Waals surface area contributed by atoms with Crippen LogP contribution in [-0.2, 0) is 10.0 Å². The highest BCUT2D eigenvalue weighted by Crippen LogP contribution is 2.29. The van der Waals surface area contributed by atoms with Gasteiger partial charge in [-0.3, -0.25) is 14.8 Å². The zero-order chi connectivity index (χ0) is 18.9. The van der Waals surface area contributed by atoms with Crippen molar-refractivity contribution in [3.8, 4) is 11.3 Å². The summed E-state index contributed by atoms with van der Waals surface area (Å²) in [5.74, 6) is 0. The number of halogens is 1. The van der Waals surface area contributed by atoms with Crippen LogP contribution in [0.4, 0.5) is 11.4 Å². The normalized spacial score (nSPS) is 11.3. The molecule has 3 aromatic rings. The van der Waals surface area contributed by atoms with Gasteiger partial charge in [0.2, 0.25) is 0 Å². The van der Waals surface area contributed by atoms with Crippen molar-refractivity contribution >= 4 is 44.3 Å². The molecular weight excluding hydrogens is 398 g/mol. The van der Waals surface area contributed by atoms with Crippen molar-refractivity contribution in [3.05, 3.63) is 68.0 Å². The SMILES string of the molecule is Cc1nc(-c2cccc(NS(=O)(=O)c3ccc(Cl)c([N+](=O)[O-])c3)c2)cs1. The quantitative estimate of drug-likeness (QED) is 0.494. The average Bonchev–Trinajstić information content (AvgIpc) is 3.01. The van der Waals surface area contributed by atoms with Crippen molar-refractivity contribution < 1.29 is 13.3 Å². The summed E-state index contributed by atoms with van der Waals surface area (Å²) in [6.45, 7) is 1.88. The molecule has 134 valence electrons. The second kappa shape index (κ2) is 7.02. The maximum atomic E-state index is 12.5. The van der Waals surface area contributed by atoms with E-state index in [1.54, 1.807) is 18.2 Å². The second-order valence-corrected chi connectivity index (χ2v) is 8.46. The van der Waals surface area contributed by atoms with Crippen LogP contribution < -0.4 is 4.72 Å². The molecule has 10 heteroatoms. The topological polar surface area (TPSA) is 102 Å². The van der Waals surface area contributed by atoms with Gasteiger partial charge in [0.05, 0.1) is 20.5 Å². The largest absolute Gasteiger partial charge is 0.289 e. The van der Waals surface area contributed by atoms with Crippen molar-refractivity contribution in [3.63, 3.8) is 0 Å². The van der Waals surface area contributed by atoms with E-state index in [9.17, 15) is 18.5 Å². The van der Waals surface area contributed by atoms with Gasteiger partial charge in [-0.05, 0) is 31.2 Å². The number of benzene rings is 2. The summed E-state index contributed by atoms with van der Waals surface area (Å²) in [4.78, 5) is 14.4. The van der Waals surface area contributed by atoms with Crippen LogP contribution in [0.15, 0.2) is 52.7 Å². The molecule has 0 amide bonds. The van der Waals surface area contributed by atoms with Gasteiger partial charge in [-0.2, -0.15) is 0 Å². The molecular formula is C16H12ClN3O4S2. The third kappa shape index (κ3) is 3.85. The Labute approximate surface area is 158 Å². The van der Waals surface area contributed by atoms with Crippen molar-refractivity contribution in [1.82, 2.24) is 4.98 Å². The van der Waals surface area contributed by atoms with E-state index in [0.29, 0.717) is 5.69 Å². The van der Waals surface area contributed by atoms with Gasteiger partial charge in [0.25, 0.3) is 15.7 Å². The van der Waals surface area contributed by atoms with Crippen LogP contribution in [0, 0.1) is 17.0 Å². The summed E-state index contributed by atoms with van der Waals surface area (Å²) in [6.07, 6.45) is 0. The Morgan fingerprint density at radius 2 is 2.00 bits per heavy atom. The molecule has 3 rings (SSSR count). The lowest BCUT2D eigenvalue weighted by Gasteiger charge is -2.09. The molecule has 0 bridgehead atoms. The molecule has 0 radical (unpaired) electrons. The van der Waals surface area contributed by atoms with Crippen molar-refractivity contribution in [2.24, 2.45) is 0 Å². The van der Waals surface area contributed by atoms with Gasteiger partial charge in [0.15, 0.2) is 0 Å². The number of nitrogens with one attached hydrogen (secondary N) is 1. The maximum absolute atomic E-state index is 12.5. The highest BCUT2D eigenvalue weighted by atomic mass is 35.5. The first-order valence-corrected chi connectivity index (χ1v) is 10.00. The number of hydrogen-bond donors (Lipinski definition) is 1. The molecule has 0 aliphatic rings. The molecule has 2 aromatic carbocycles. The van der Waals surface area contributed by atoms with Crippen molar-refractivity contribution in [2.45, 2.75) is 11.8 Å². The zero-order valence-corrected chi connectivity index (χ0v) is 15.7. The molecule has 0 aliphatic carbocycles. The van der Waals surface area contributed by atoms with E-state index in [1.807, 2.05) is 18.4 Å². The van der Waals surface area contributed by atoms with Crippen molar-refractivity contribution in [2.75, 3.05) is 4.72 Å². The van der Waals surface area contributed by atoms with Gasteiger partial charge in [-0.25, -0.2) is 13.4 Å². The first-order valence-electron chi connectivity index (χ1n) is 7.25. The Balaban J connectivity index is 1.93. The fraction of sp³-hybridized carbons (Fsp3) is 0.0625. The maximum Gasteiger partial charge on any atom is 0.289 e. The third-order valence-corrected chi connectivity index (χ3v) is 5.93. The van der Waals surface area contributed by atoms with Gasteiger partial charge in [0, 0.05) is 22.7 Å². The minimum absolute atomic E-state index is 0.130. The molecule has 0 saturated heterocycles. The van der Waals surface area contributed by atoms with Crippen LogP contribution in [0.5, 0.6) is 0 Å². The molecule has 0 atom stereocenters. The predicted octanol–water partition coefficient (Wildman–Crippen LogP) is 4.48. The smallest absolute Gasteiger partial charge is 0.280 e. The Bertz CT molecular complexity index is 1100. The van der Waals surface area contributed by atoms with Crippen LogP contribution in [0.2, 0.25) is 5.02 Å². The summed E-state index contributed by atoms with van der Waals surface area (Å²) in [5, 5.41) is 13.6. The summed E-state index contributed by atoms with van der Waals surface area (Å²) < 4.78 is 27.5. The first-order chi connectivity index (χ1) is 12.3. The van der Waals surface area contributed by atoms with E-state index in [2.05, 4.69) is 9.71 Å². The lowest BCUT2D eigenvalue weighted by molar-refractivity contribution is -0.384. The Hall–Kier alpha value is -2.49. The van der Waals surface area contributed by atoms with Crippen LogP contribution in [0.3, 0.4) is 0 Å². The minimum atomic E-state index is -4.01. The summed E-state index contributed by atoms with van der Waals surface area (Å²) >= 11 is 7.22. The molecule has 1 heterocycles. The van der Waals surface area contributed by atoms with Gasteiger partial charge in [-0.15, -0.1) is 11.3 Å². The van der Waals surface area contributed by atoms with Crippen LogP contribution in [0.1, 0.15) is 5.01 Å². The second-order valence-electron chi connectivity index (χ2n) is 5.31.